The molecule has 0 saturated carbocycles. The molecule has 2 nitrogen and oxygen atoms in total. The molecule has 0 spiro atoms. The molecule has 2 aromatic carbocycles. The van der Waals surface area contributed by atoms with Gasteiger partial charge in [0.15, 0.2) is 0 Å². The van der Waals surface area contributed by atoms with Gasteiger partial charge in [-0.25, -0.2) is 4.99 Å². The molecule has 0 radical (unpaired) electrons. The van der Waals surface area contributed by atoms with Gasteiger partial charge in [-0.05, 0) is 49.4 Å². The zero-order chi connectivity index (χ0) is 23.4. The fourth-order valence-corrected chi connectivity index (χ4v) is 3.72. The van der Waals surface area contributed by atoms with Crippen LogP contribution >= 0.6 is 0 Å². The SMILES string of the molecule is CCCCCCCC#CC(=Nc1ccccc1)C(CCCCCCCC)=Nc1ccccc1.[Pd+2]. The van der Waals surface area contributed by atoms with E-state index < -0.39 is 0 Å². The van der Waals surface area contributed by atoms with Crippen molar-refractivity contribution < 1.29 is 20.4 Å². The van der Waals surface area contributed by atoms with E-state index in [4.69, 9.17) is 9.98 Å². The Balaban J connectivity index is 0.00000578. The molecule has 184 valence electrons. The molecule has 0 atom stereocenters. The van der Waals surface area contributed by atoms with Crippen LogP contribution in [0.4, 0.5) is 11.4 Å². The predicted octanol–water partition coefficient (Wildman–Crippen LogP) is 9.64. The first-order chi connectivity index (χ1) is 16.3. The molecule has 0 N–H and O–H groups in total. The van der Waals surface area contributed by atoms with E-state index in [9.17, 15) is 0 Å². The van der Waals surface area contributed by atoms with E-state index in [2.05, 4.69) is 37.8 Å². The first-order valence-electron chi connectivity index (χ1n) is 13.1. The van der Waals surface area contributed by atoms with Gasteiger partial charge in [0.1, 0.15) is 5.71 Å². The third kappa shape index (κ3) is 13.6. The van der Waals surface area contributed by atoms with Crippen molar-refractivity contribution >= 4 is 22.8 Å². The van der Waals surface area contributed by atoms with Gasteiger partial charge in [0.05, 0.1) is 17.1 Å². The number of unbranched alkanes of at least 4 members (excludes halogenated alkanes) is 10. The van der Waals surface area contributed by atoms with Crippen LogP contribution in [0, 0.1) is 11.8 Å². The molecule has 0 aliphatic rings. The maximum Gasteiger partial charge on any atom is 2.00 e. The second kappa shape index (κ2) is 20.4. The van der Waals surface area contributed by atoms with E-state index in [1.807, 2.05) is 48.5 Å². The van der Waals surface area contributed by atoms with Crippen molar-refractivity contribution in [1.29, 1.82) is 0 Å². The average Bonchev–Trinajstić information content (AvgIpc) is 2.85. The molecular formula is C31H42N2Pd+2. The molecule has 0 aliphatic carbocycles. The average molecular weight is 549 g/mol. The number of para-hydroxylation sites is 2. The van der Waals surface area contributed by atoms with Crippen LogP contribution in [0.15, 0.2) is 70.6 Å². The molecule has 2 aromatic rings. The Morgan fingerprint density at radius 2 is 1.12 bits per heavy atom. The summed E-state index contributed by atoms with van der Waals surface area (Å²) >= 11 is 0. The second-order valence-corrected chi connectivity index (χ2v) is 8.67. The van der Waals surface area contributed by atoms with E-state index in [0.717, 1.165) is 48.5 Å². The van der Waals surface area contributed by atoms with E-state index in [1.165, 1.54) is 57.8 Å². The van der Waals surface area contributed by atoms with Crippen LogP contribution in [0.2, 0.25) is 0 Å². The Bertz CT molecular complexity index is 876. The number of aliphatic imine (C=N–C) groups is 2. The van der Waals surface area contributed by atoms with Crippen LogP contribution in [-0.2, 0) is 20.4 Å². The minimum absolute atomic E-state index is 0. The first kappa shape index (κ1) is 30.0. The first-order valence-corrected chi connectivity index (χ1v) is 13.1. The van der Waals surface area contributed by atoms with Gasteiger partial charge >= 0.3 is 20.4 Å². The number of rotatable bonds is 15. The van der Waals surface area contributed by atoms with Crippen molar-refractivity contribution in [3.63, 3.8) is 0 Å². The Morgan fingerprint density at radius 3 is 1.71 bits per heavy atom. The number of hydrogen-bond acceptors (Lipinski definition) is 2. The summed E-state index contributed by atoms with van der Waals surface area (Å²) in [5, 5.41) is 0. The van der Waals surface area contributed by atoms with Crippen LogP contribution in [-0.4, -0.2) is 11.4 Å². The standard InChI is InChI=1S/C31H42N2.Pd/c1-3-5-7-9-11-13-21-27-31(33-29-24-18-15-19-25-29)30(26-20-12-10-8-6-4-2)32-28-22-16-14-17-23-28;/h14-19,22-25H,3-13,20,26H2,1-2H3;/q;+2. The maximum absolute atomic E-state index is 5.01. The van der Waals surface area contributed by atoms with Gasteiger partial charge in [0, 0.05) is 6.42 Å². The fourth-order valence-electron chi connectivity index (χ4n) is 3.72. The summed E-state index contributed by atoms with van der Waals surface area (Å²) in [5.74, 6) is 6.82. The van der Waals surface area contributed by atoms with Crippen molar-refractivity contribution in [1.82, 2.24) is 0 Å². The summed E-state index contributed by atoms with van der Waals surface area (Å²) in [4.78, 5) is 9.95. The summed E-state index contributed by atoms with van der Waals surface area (Å²) < 4.78 is 0. The van der Waals surface area contributed by atoms with Gasteiger partial charge < -0.3 is 0 Å². The largest absolute Gasteiger partial charge is 2.00 e. The van der Waals surface area contributed by atoms with Gasteiger partial charge in [-0.15, -0.1) is 0 Å². The molecule has 0 heterocycles. The Kier molecular flexibility index (Phi) is 18.0. The Morgan fingerprint density at radius 1 is 0.618 bits per heavy atom. The minimum atomic E-state index is 0. The molecule has 0 amide bonds. The molecule has 0 saturated heterocycles. The number of benzene rings is 2. The van der Waals surface area contributed by atoms with Gasteiger partial charge in [-0.3, -0.25) is 4.99 Å². The van der Waals surface area contributed by atoms with Gasteiger partial charge in [0.25, 0.3) is 0 Å². The van der Waals surface area contributed by atoms with Crippen LogP contribution in [0.5, 0.6) is 0 Å². The number of nitrogens with zero attached hydrogens (tertiary/aromatic N) is 2. The van der Waals surface area contributed by atoms with Crippen molar-refractivity contribution in [2.24, 2.45) is 9.98 Å². The molecule has 0 unspecified atom stereocenters. The molecule has 3 heteroatoms. The van der Waals surface area contributed by atoms with E-state index in [0.29, 0.717) is 0 Å². The molecule has 0 aliphatic heterocycles. The Labute approximate surface area is 222 Å². The normalized spacial score (nSPS) is 11.5. The van der Waals surface area contributed by atoms with Crippen molar-refractivity contribution in [2.75, 3.05) is 0 Å². The fraction of sp³-hybridized carbons (Fsp3) is 0.484. The summed E-state index contributed by atoms with van der Waals surface area (Å²) in [7, 11) is 0. The zero-order valence-electron chi connectivity index (χ0n) is 21.2. The summed E-state index contributed by atoms with van der Waals surface area (Å²) in [6.45, 7) is 4.52. The van der Waals surface area contributed by atoms with Crippen molar-refractivity contribution in [3.05, 3.63) is 60.7 Å². The smallest absolute Gasteiger partial charge is 0.251 e. The molecular weight excluding hydrogens is 507 g/mol. The van der Waals surface area contributed by atoms with Gasteiger partial charge in [0.2, 0.25) is 0 Å². The van der Waals surface area contributed by atoms with Gasteiger partial charge in [-0.2, -0.15) is 0 Å². The quantitative estimate of drug-likeness (QED) is 0.0915. The second-order valence-electron chi connectivity index (χ2n) is 8.67. The van der Waals surface area contributed by atoms with E-state index >= 15 is 0 Å². The number of hydrogen-bond donors (Lipinski definition) is 0. The molecule has 0 bridgehead atoms. The van der Waals surface area contributed by atoms with E-state index in [1.54, 1.807) is 0 Å². The minimum Gasteiger partial charge on any atom is -0.251 e. The summed E-state index contributed by atoms with van der Waals surface area (Å²) in [6.07, 6.45) is 15.7. The molecule has 34 heavy (non-hydrogen) atoms. The van der Waals surface area contributed by atoms with Crippen molar-refractivity contribution in [3.8, 4) is 11.8 Å². The van der Waals surface area contributed by atoms with Crippen LogP contribution in [0.1, 0.15) is 97.3 Å². The third-order valence-corrected chi connectivity index (χ3v) is 5.67. The topological polar surface area (TPSA) is 24.7 Å². The summed E-state index contributed by atoms with van der Waals surface area (Å²) in [5.41, 5.74) is 3.75. The maximum atomic E-state index is 5.01. The zero-order valence-corrected chi connectivity index (χ0v) is 22.7. The predicted molar refractivity (Wildman–Crippen MR) is 146 cm³/mol. The van der Waals surface area contributed by atoms with Crippen LogP contribution in [0.3, 0.4) is 0 Å². The van der Waals surface area contributed by atoms with Crippen molar-refractivity contribution in [2.45, 2.75) is 97.3 Å². The van der Waals surface area contributed by atoms with Crippen LogP contribution in [0.25, 0.3) is 0 Å². The van der Waals surface area contributed by atoms with E-state index in [-0.39, 0.29) is 20.4 Å². The third-order valence-electron chi connectivity index (χ3n) is 5.67. The molecule has 0 aromatic heterocycles. The van der Waals surface area contributed by atoms with Gasteiger partial charge in [-0.1, -0.05) is 114 Å². The monoisotopic (exact) mass is 548 g/mol. The Hall–Kier alpha value is -2.00. The summed E-state index contributed by atoms with van der Waals surface area (Å²) in [6, 6.07) is 20.4. The molecule has 0 fully saturated rings. The molecule has 2 rings (SSSR count). The van der Waals surface area contributed by atoms with Crippen LogP contribution < -0.4 is 0 Å².